The molecule has 1 saturated carbocycles. The third-order valence-corrected chi connectivity index (χ3v) is 5.89. The van der Waals surface area contributed by atoms with Gasteiger partial charge >= 0.3 is 0 Å². The summed E-state index contributed by atoms with van der Waals surface area (Å²) in [5, 5.41) is 4.30. The van der Waals surface area contributed by atoms with Gasteiger partial charge in [0, 0.05) is 38.0 Å². The largest absolute Gasteiger partial charge is 0.381 e. The highest BCUT2D eigenvalue weighted by molar-refractivity contribution is 5.97. The Morgan fingerprint density at radius 1 is 1.24 bits per heavy atom. The summed E-state index contributed by atoms with van der Waals surface area (Å²) in [5.74, 6) is 0.104. The summed E-state index contributed by atoms with van der Waals surface area (Å²) in [4.78, 5) is 15.3. The number of amides is 1. The lowest BCUT2D eigenvalue weighted by molar-refractivity contribution is -0.0295. The average Bonchev–Trinajstić information content (AvgIpc) is 3.31. The van der Waals surface area contributed by atoms with Gasteiger partial charge < -0.3 is 9.64 Å². The molecule has 0 bridgehead atoms. The van der Waals surface area contributed by atoms with Gasteiger partial charge in [-0.25, -0.2) is 4.68 Å². The minimum Gasteiger partial charge on any atom is -0.381 e. The van der Waals surface area contributed by atoms with Gasteiger partial charge in [-0.05, 0) is 43.9 Å². The molecule has 4 rings (SSSR count). The molecule has 1 saturated heterocycles. The molecule has 1 aliphatic heterocycles. The van der Waals surface area contributed by atoms with E-state index in [-0.39, 0.29) is 17.4 Å². The van der Waals surface area contributed by atoms with Crippen LogP contribution in [0.5, 0.6) is 0 Å². The number of hydrogen-bond donors (Lipinski definition) is 0. The Kier molecular flexibility index (Phi) is 4.34. The number of nitrogens with zero attached hydrogens (tertiary/aromatic N) is 3. The van der Waals surface area contributed by atoms with Crippen LogP contribution in [0.25, 0.3) is 5.69 Å². The molecular formula is C20H25N3O2. The standard InChI is InChI=1S/C20H25N3O2/c1-25-18-9-4-10-20(18)11-5-13-22(15-20)19(24)16-7-2-3-8-17(16)23-14-6-12-21-23/h2-3,6-8,12,14,18H,4-5,9-11,13,15H2,1H3/t18-,20-/m1/s1. The van der Waals surface area contributed by atoms with Crippen molar-refractivity contribution < 1.29 is 9.53 Å². The molecule has 2 heterocycles. The van der Waals surface area contributed by atoms with E-state index in [1.165, 1.54) is 6.42 Å². The van der Waals surface area contributed by atoms with Crippen LogP contribution in [0.3, 0.4) is 0 Å². The number of methoxy groups -OCH3 is 1. The number of ether oxygens (including phenoxy) is 1. The van der Waals surface area contributed by atoms with E-state index < -0.39 is 0 Å². The Labute approximate surface area is 148 Å². The summed E-state index contributed by atoms with van der Waals surface area (Å²) in [6.07, 6.45) is 9.58. The quantitative estimate of drug-likeness (QED) is 0.862. The zero-order chi connectivity index (χ0) is 17.3. The van der Waals surface area contributed by atoms with Gasteiger partial charge in [-0.1, -0.05) is 18.6 Å². The molecule has 1 amide bonds. The third kappa shape index (κ3) is 2.86. The van der Waals surface area contributed by atoms with Crippen molar-refractivity contribution >= 4 is 5.91 Å². The second kappa shape index (κ2) is 6.64. The van der Waals surface area contributed by atoms with Crippen LogP contribution in [-0.4, -0.2) is 46.9 Å². The summed E-state index contributed by atoms with van der Waals surface area (Å²) in [5.41, 5.74) is 1.70. The number of carbonyl (C=O) groups excluding carboxylic acids is 1. The zero-order valence-corrected chi connectivity index (χ0v) is 14.7. The Balaban J connectivity index is 1.62. The van der Waals surface area contributed by atoms with Crippen LogP contribution >= 0.6 is 0 Å². The van der Waals surface area contributed by atoms with Crippen LogP contribution in [0, 0.1) is 5.41 Å². The first-order valence-corrected chi connectivity index (χ1v) is 9.15. The van der Waals surface area contributed by atoms with Crippen molar-refractivity contribution in [3.63, 3.8) is 0 Å². The Bertz CT molecular complexity index is 743. The molecule has 0 radical (unpaired) electrons. The van der Waals surface area contributed by atoms with Gasteiger partial charge in [0.2, 0.25) is 0 Å². The molecular weight excluding hydrogens is 314 g/mol. The highest BCUT2D eigenvalue weighted by Gasteiger charge is 2.46. The summed E-state index contributed by atoms with van der Waals surface area (Å²) >= 11 is 0. The molecule has 25 heavy (non-hydrogen) atoms. The molecule has 0 unspecified atom stereocenters. The van der Waals surface area contributed by atoms with E-state index in [1.54, 1.807) is 10.9 Å². The second-order valence-corrected chi connectivity index (χ2v) is 7.28. The molecule has 2 fully saturated rings. The molecule has 5 nitrogen and oxygen atoms in total. The van der Waals surface area contributed by atoms with Gasteiger partial charge in [0.1, 0.15) is 0 Å². The fourth-order valence-electron chi connectivity index (χ4n) is 4.71. The van der Waals surface area contributed by atoms with E-state index in [0.29, 0.717) is 0 Å². The van der Waals surface area contributed by atoms with Gasteiger partial charge in [-0.2, -0.15) is 5.10 Å². The Hall–Kier alpha value is -2.14. The van der Waals surface area contributed by atoms with Crippen molar-refractivity contribution in [2.24, 2.45) is 5.41 Å². The maximum Gasteiger partial charge on any atom is 0.256 e. The number of likely N-dealkylation sites (tertiary alicyclic amines) is 1. The van der Waals surface area contributed by atoms with Gasteiger partial charge in [0.25, 0.3) is 5.91 Å². The number of carbonyl (C=O) groups is 1. The minimum atomic E-state index is 0.104. The van der Waals surface area contributed by atoms with Crippen LogP contribution in [0.15, 0.2) is 42.7 Å². The van der Waals surface area contributed by atoms with E-state index in [0.717, 1.165) is 50.0 Å². The normalized spacial score (nSPS) is 26.3. The minimum absolute atomic E-state index is 0.104. The maximum atomic E-state index is 13.3. The number of para-hydroxylation sites is 1. The number of aromatic nitrogens is 2. The van der Waals surface area contributed by atoms with Gasteiger partial charge in [-0.15, -0.1) is 0 Å². The van der Waals surface area contributed by atoms with E-state index >= 15 is 0 Å². The fourth-order valence-corrected chi connectivity index (χ4v) is 4.71. The monoisotopic (exact) mass is 339 g/mol. The van der Waals surface area contributed by atoms with Crippen LogP contribution in [-0.2, 0) is 4.74 Å². The van der Waals surface area contributed by atoms with Crippen LogP contribution in [0.1, 0.15) is 42.5 Å². The summed E-state index contributed by atoms with van der Waals surface area (Å²) in [6, 6.07) is 9.60. The number of piperidine rings is 1. The predicted molar refractivity (Wildman–Crippen MR) is 95.8 cm³/mol. The Morgan fingerprint density at radius 2 is 2.08 bits per heavy atom. The van der Waals surface area contributed by atoms with Crippen molar-refractivity contribution in [3.8, 4) is 5.69 Å². The smallest absolute Gasteiger partial charge is 0.256 e. The first-order chi connectivity index (χ1) is 12.2. The summed E-state index contributed by atoms with van der Waals surface area (Å²) in [6.45, 7) is 1.63. The number of rotatable bonds is 3. The lowest BCUT2D eigenvalue weighted by atomic mass is 9.76. The summed E-state index contributed by atoms with van der Waals surface area (Å²) < 4.78 is 7.53. The second-order valence-electron chi connectivity index (χ2n) is 7.28. The van der Waals surface area contributed by atoms with Crippen molar-refractivity contribution in [1.82, 2.24) is 14.7 Å². The maximum absolute atomic E-state index is 13.3. The van der Waals surface area contributed by atoms with Crippen molar-refractivity contribution in [2.75, 3.05) is 20.2 Å². The molecule has 2 aromatic rings. The molecule has 1 spiro atoms. The van der Waals surface area contributed by atoms with Crippen LogP contribution in [0.2, 0.25) is 0 Å². The first kappa shape index (κ1) is 16.3. The molecule has 0 N–H and O–H groups in total. The molecule has 5 heteroatoms. The van der Waals surface area contributed by atoms with Crippen molar-refractivity contribution in [3.05, 3.63) is 48.3 Å². The fraction of sp³-hybridized carbons (Fsp3) is 0.500. The molecule has 1 aromatic carbocycles. The molecule has 1 aromatic heterocycles. The first-order valence-electron chi connectivity index (χ1n) is 9.15. The molecule has 2 atom stereocenters. The predicted octanol–water partition coefficient (Wildman–Crippen LogP) is 3.29. The average molecular weight is 339 g/mol. The molecule has 132 valence electrons. The molecule has 1 aliphatic carbocycles. The topological polar surface area (TPSA) is 47.4 Å². The number of hydrogen-bond acceptors (Lipinski definition) is 3. The van der Waals surface area contributed by atoms with Crippen LogP contribution in [0.4, 0.5) is 0 Å². The van der Waals surface area contributed by atoms with E-state index in [2.05, 4.69) is 5.10 Å². The van der Waals surface area contributed by atoms with Crippen molar-refractivity contribution in [1.29, 1.82) is 0 Å². The van der Waals surface area contributed by atoms with Gasteiger partial charge in [0.05, 0.1) is 17.4 Å². The van der Waals surface area contributed by atoms with Gasteiger partial charge in [-0.3, -0.25) is 4.79 Å². The van der Waals surface area contributed by atoms with E-state index in [1.807, 2.05) is 48.5 Å². The van der Waals surface area contributed by atoms with Crippen LogP contribution < -0.4 is 0 Å². The Morgan fingerprint density at radius 3 is 2.88 bits per heavy atom. The zero-order valence-electron chi connectivity index (χ0n) is 14.7. The number of benzene rings is 1. The van der Waals surface area contributed by atoms with Gasteiger partial charge in [0.15, 0.2) is 0 Å². The summed E-state index contributed by atoms with van der Waals surface area (Å²) in [7, 11) is 1.81. The molecule has 2 aliphatic rings. The lowest BCUT2D eigenvalue weighted by Gasteiger charge is -2.43. The lowest BCUT2D eigenvalue weighted by Crippen LogP contribution is -2.50. The van der Waals surface area contributed by atoms with E-state index in [4.69, 9.17) is 4.74 Å². The highest BCUT2D eigenvalue weighted by atomic mass is 16.5. The highest BCUT2D eigenvalue weighted by Crippen LogP contribution is 2.46. The van der Waals surface area contributed by atoms with Crippen molar-refractivity contribution in [2.45, 2.75) is 38.2 Å². The van der Waals surface area contributed by atoms with E-state index in [9.17, 15) is 4.79 Å². The third-order valence-electron chi connectivity index (χ3n) is 5.89. The SMILES string of the molecule is CO[C@@H]1CCC[C@]12CCCN(C(=O)c1ccccc1-n1cccn1)C2.